The van der Waals surface area contributed by atoms with Gasteiger partial charge in [-0.25, -0.2) is 4.98 Å². The number of imidazole rings is 1. The molecule has 3 aromatic rings. The second-order valence-electron chi connectivity index (χ2n) is 4.29. The Bertz CT molecular complexity index is 813. The quantitative estimate of drug-likeness (QED) is 0.663. The van der Waals surface area contributed by atoms with Gasteiger partial charge in [-0.2, -0.15) is 5.26 Å². The number of alkyl halides is 1. The maximum absolute atomic E-state index is 8.86. The summed E-state index contributed by atoms with van der Waals surface area (Å²) in [5.74, 6) is 1.04. The first-order valence-electron chi connectivity index (χ1n) is 5.96. The predicted octanol–water partition coefficient (Wildman–Crippen LogP) is 4.29. The molecule has 0 aliphatic heterocycles. The van der Waals surface area contributed by atoms with E-state index in [2.05, 4.69) is 11.1 Å². The third-order valence-corrected chi connectivity index (χ3v) is 3.53. The van der Waals surface area contributed by atoms with Crippen LogP contribution in [0.15, 0.2) is 42.5 Å². The van der Waals surface area contributed by atoms with Gasteiger partial charge in [-0.05, 0) is 42.5 Å². The summed E-state index contributed by atoms with van der Waals surface area (Å²) >= 11 is 12.0. The summed E-state index contributed by atoms with van der Waals surface area (Å²) in [7, 11) is 0. The Morgan fingerprint density at radius 3 is 2.55 bits per heavy atom. The van der Waals surface area contributed by atoms with E-state index in [0.717, 1.165) is 22.5 Å². The second-order valence-corrected chi connectivity index (χ2v) is 4.99. The molecule has 1 aromatic heterocycles. The summed E-state index contributed by atoms with van der Waals surface area (Å²) in [6, 6.07) is 14.9. The summed E-state index contributed by atoms with van der Waals surface area (Å²) in [6.07, 6.45) is 0. The lowest BCUT2D eigenvalue weighted by molar-refractivity contribution is 0.982. The summed E-state index contributed by atoms with van der Waals surface area (Å²) < 4.78 is 1.95. The average Bonchev–Trinajstić information content (AvgIpc) is 2.85. The van der Waals surface area contributed by atoms with E-state index in [1.165, 1.54) is 0 Å². The molecule has 0 saturated heterocycles. The summed E-state index contributed by atoms with van der Waals surface area (Å²) in [5.41, 5.74) is 3.26. The van der Waals surface area contributed by atoms with E-state index in [0.29, 0.717) is 16.5 Å². The van der Waals surface area contributed by atoms with Gasteiger partial charge in [0.15, 0.2) is 0 Å². The highest BCUT2D eigenvalue weighted by molar-refractivity contribution is 6.31. The van der Waals surface area contributed by atoms with E-state index in [1.807, 2.05) is 28.8 Å². The number of benzene rings is 2. The summed E-state index contributed by atoms with van der Waals surface area (Å²) in [4.78, 5) is 4.50. The molecule has 0 spiro atoms. The number of hydrogen-bond acceptors (Lipinski definition) is 2. The Balaban J connectivity index is 2.27. The molecule has 20 heavy (non-hydrogen) atoms. The number of fused-ring (bicyclic) bond motifs is 1. The fourth-order valence-corrected chi connectivity index (χ4v) is 2.51. The van der Waals surface area contributed by atoms with E-state index in [9.17, 15) is 0 Å². The SMILES string of the molecule is N#Cc1ccc(-n2c(CCl)nc3ccc(Cl)cc32)cc1. The molecule has 0 unspecified atom stereocenters. The van der Waals surface area contributed by atoms with E-state index >= 15 is 0 Å². The molecule has 0 saturated carbocycles. The van der Waals surface area contributed by atoms with Crippen LogP contribution in [0.25, 0.3) is 16.7 Å². The normalized spacial score (nSPS) is 10.7. The van der Waals surface area contributed by atoms with Crippen LogP contribution in [0.5, 0.6) is 0 Å². The van der Waals surface area contributed by atoms with Crippen molar-refractivity contribution in [2.24, 2.45) is 0 Å². The Hall–Kier alpha value is -2.02. The third kappa shape index (κ3) is 2.14. The third-order valence-electron chi connectivity index (χ3n) is 3.06. The predicted molar refractivity (Wildman–Crippen MR) is 80.4 cm³/mol. The van der Waals surface area contributed by atoms with Crippen LogP contribution in [0, 0.1) is 11.3 Å². The topological polar surface area (TPSA) is 41.6 Å². The van der Waals surface area contributed by atoms with Crippen molar-refractivity contribution in [3.05, 3.63) is 58.9 Å². The van der Waals surface area contributed by atoms with Gasteiger partial charge in [0, 0.05) is 10.7 Å². The average molecular weight is 302 g/mol. The number of halogens is 2. The minimum atomic E-state index is 0.298. The van der Waals surface area contributed by atoms with Crippen molar-refractivity contribution in [1.29, 1.82) is 5.26 Å². The van der Waals surface area contributed by atoms with Crippen LogP contribution in [-0.4, -0.2) is 9.55 Å². The summed E-state index contributed by atoms with van der Waals surface area (Å²) in [5, 5.41) is 9.51. The molecule has 0 aliphatic rings. The molecule has 0 atom stereocenters. The van der Waals surface area contributed by atoms with Gasteiger partial charge in [0.1, 0.15) is 5.82 Å². The number of rotatable bonds is 2. The largest absolute Gasteiger partial charge is 0.295 e. The Morgan fingerprint density at radius 1 is 1.15 bits per heavy atom. The fourth-order valence-electron chi connectivity index (χ4n) is 2.16. The van der Waals surface area contributed by atoms with E-state index in [4.69, 9.17) is 28.5 Å². The molecule has 0 amide bonds. The number of hydrogen-bond donors (Lipinski definition) is 0. The van der Waals surface area contributed by atoms with Gasteiger partial charge < -0.3 is 0 Å². The van der Waals surface area contributed by atoms with Crippen LogP contribution in [0.3, 0.4) is 0 Å². The maximum Gasteiger partial charge on any atom is 0.129 e. The second kappa shape index (κ2) is 5.16. The van der Waals surface area contributed by atoms with E-state index in [-0.39, 0.29) is 0 Å². The minimum Gasteiger partial charge on any atom is -0.295 e. The van der Waals surface area contributed by atoms with Gasteiger partial charge in [-0.1, -0.05) is 11.6 Å². The van der Waals surface area contributed by atoms with Crippen LogP contribution >= 0.6 is 23.2 Å². The molecule has 5 heteroatoms. The van der Waals surface area contributed by atoms with Crippen molar-refractivity contribution in [1.82, 2.24) is 9.55 Å². The van der Waals surface area contributed by atoms with Crippen molar-refractivity contribution < 1.29 is 0 Å². The maximum atomic E-state index is 8.86. The highest BCUT2D eigenvalue weighted by Gasteiger charge is 2.12. The van der Waals surface area contributed by atoms with Crippen molar-refractivity contribution in [3.8, 4) is 11.8 Å². The van der Waals surface area contributed by atoms with Crippen molar-refractivity contribution in [2.45, 2.75) is 5.88 Å². The van der Waals surface area contributed by atoms with Crippen LogP contribution in [0.2, 0.25) is 5.02 Å². The number of nitriles is 1. The van der Waals surface area contributed by atoms with Gasteiger partial charge in [0.2, 0.25) is 0 Å². The highest BCUT2D eigenvalue weighted by Crippen LogP contribution is 2.25. The van der Waals surface area contributed by atoms with Gasteiger partial charge in [0.25, 0.3) is 0 Å². The number of nitrogens with zero attached hydrogens (tertiary/aromatic N) is 3. The minimum absolute atomic E-state index is 0.298. The lowest BCUT2D eigenvalue weighted by Crippen LogP contribution is -1.99. The van der Waals surface area contributed by atoms with E-state index in [1.54, 1.807) is 18.2 Å². The molecular weight excluding hydrogens is 293 g/mol. The first-order chi connectivity index (χ1) is 9.72. The first-order valence-corrected chi connectivity index (χ1v) is 6.87. The monoisotopic (exact) mass is 301 g/mol. The van der Waals surface area contributed by atoms with Gasteiger partial charge in [0.05, 0.1) is 28.5 Å². The molecule has 1 heterocycles. The van der Waals surface area contributed by atoms with E-state index < -0.39 is 0 Å². The van der Waals surface area contributed by atoms with Crippen molar-refractivity contribution in [3.63, 3.8) is 0 Å². The highest BCUT2D eigenvalue weighted by atomic mass is 35.5. The first kappa shape index (κ1) is 13.0. The lowest BCUT2D eigenvalue weighted by atomic mass is 10.2. The van der Waals surface area contributed by atoms with Gasteiger partial charge >= 0.3 is 0 Å². The molecule has 0 radical (unpaired) electrons. The summed E-state index contributed by atoms with van der Waals surface area (Å²) in [6.45, 7) is 0. The smallest absolute Gasteiger partial charge is 0.129 e. The Morgan fingerprint density at radius 2 is 1.90 bits per heavy atom. The standard InChI is InChI=1S/C15H9Cl2N3/c16-8-15-19-13-6-3-11(17)7-14(13)20(15)12-4-1-10(9-18)2-5-12/h1-7H,8H2. The number of aromatic nitrogens is 2. The van der Waals surface area contributed by atoms with Gasteiger partial charge in [-0.15, -0.1) is 11.6 Å². The molecule has 98 valence electrons. The lowest BCUT2D eigenvalue weighted by Gasteiger charge is -2.07. The zero-order valence-corrected chi connectivity index (χ0v) is 11.9. The molecule has 0 aliphatic carbocycles. The molecular formula is C15H9Cl2N3. The molecule has 2 aromatic carbocycles. The fraction of sp³-hybridized carbons (Fsp3) is 0.0667. The molecule has 0 N–H and O–H groups in total. The molecule has 3 rings (SSSR count). The Labute approximate surface area is 126 Å². The zero-order valence-electron chi connectivity index (χ0n) is 10.3. The van der Waals surface area contributed by atoms with Crippen LogP contribution in [0.1, 0.15) is 11.4 Å². The van der Waals surface area contributed by atoms with Crippen LogP contribution < -0.4 is 0 Å². The van der Waals surface area contributed by atoms with Crippen molar-refractivity contribution in [2.75, 3.05) is 0 Å². The van der Waals surface area contributed by atoms with Crippen LogP contribution in [-0.2, 0) is 5.88 Å². The molecule has 0 bridgehead atoms. The van der Waals surface area contributed by atoms with Crippen molar-refractivity contribution >= 4 is 34.2 Å². The van der Waals surface area contributed by atoms with Crippen LogP contribution in [0.4, 0.5) is 0 Å². The molecule has 0 fully saturated rings. The zero-order chi connectivity index (χ0) is 14.1. The molecule has 3 nitrogen and oxygen atoms in total. The van der Waals surface area contributed by atoms with Gasteiger partial charge in [-0.3, -0.25) is 4.57 Å². The Kier molecular flexibility index (Phi) is 3.35.